The fraction of sp³-hybridized carbons (Fsp3) is 0.474. The van der Waals surface area contributed by atoms with Gasteiger partial charge in [0.15, 0.2) is 0 Å². The topological polar surface area (TPSA) is 85.1 Å². The van der Waals surface area contributed by atoms with Crippen molar-refractivity contribution in [1.29, 1.82) is 0 Å². The Balaban J connectivity index is 1.76. The molecule has 31 heavy (non-hydrogen) atoms. The van der Waals surface area contributed by atoms with Crippen molar-refractivity contribution in [2.45, 2.75) is 57.0 Å². The molecule has 0 aliphatic heterocycles. The molecule has 0 fully saturated rings. The van der Waals surface area contributed by atoms with Gasteiger partial charge < -0.3 is 9.84 Å². The summed E-state index contributed by atoms with van der Waals surface area (Å²) in [6.45, 7) is 0. The molecule has 4 rings (SSSR count). The van der Waals surface area contributed by atoms with Crippen molar-refractivity contribution in [2.24, 2.45) is 0 Å². The van der Waals surface area contributed by atoms with Crippen LogP contribution in [0.5, 0.6) is 0 Å². The molecule has 0 atom stereocenters. The van der Waals surface area contributed by atoms with Crippen LogP contribution in [-0.2, 0) is 28.6 Å². The van der Waals surface area contributed by atoms with Crippen LogP contribution in [0, 0.1) is 0 Å². The fourth-order valence-electron chi connectivity index (χ4n) is 3.80. The summed E-state index contributed by atoms with van der Waals surface area (Å²) >= 11 is 0.845. The molecule has 2 heterocycles. The van der Waals surface area contributed by atoms with Gasteiger partial charge in [0.1, 0.15) is 11.3 Å². The number of carbonyl (C=O) groups is 2. The molecule has 0 saturated carbocycles. The zero-order valence-electron chi connectivity index (χ0n) is 15.9. The second kappa shape index (κ2) is 7.81. The lowest BCUT2D eigenvalue weighted by Gasteiger charge is -2.21. The van der Waals surface area contributed by atoms with Crippen LogP contribution in [0.2, 0.25) is 0 Å². The first-order chi connectivity index (χ1) is 14.6. The van der Waals surface area contributed by atoms with Gasteiger partial charge in [0.05, 0.1) is 5.56 Å². The van der Waals surface area contributed by atoms with Crippen LogP contribution >= 0.6 is 11.3 Å². The maximum Gasteiger partial charge on any atom is 0.455 e. The predicted octanol–water partition coefficient (Wildman–Crippen LogP) is 4.95. The molecular formula is C19H16F5N3O3S. The summed E-state index contributed by atoms with van der Waals surface area (Å²) < 4.78 is 71.4. The first-order valence-corrected chi connectivity index (χ1v) is 10.3. The number of hydrogen-bond donors (Lipinski definition) is 1. The molecule has 2 aromatic rings. The first kappa shape index (κ1) is 21.6. The highest BCUT2D eigenvalue weighted by Crippen LogP contribution is 2.47. The van der Waals surface area contributed by atoms with Gasteiger partial charge in [-0.05, 0) is 37.7 Å². The van der Waals surface area contributed by atoms with E-state index in [1.165, 1.54) is 0 Å². The van der Waals surface area contributed by atoms with Gasteiger partial charge in [0.25, 0.3) is 23.5 Å². The number of halogens is 5. The highest BCUT2D eigenvalue weighted by molar-refractivity contribution is 7.17. The van der Waals surface area contributed by atoms with Crippen molar-refractivity contribution < 1.29 is 36.1 Å². The molecule has 0 saturated heterocycles. The zero-order valence-corrected chi connectivity index (χ0v) is 16.8. The number of anilines is 1. The largest absolute Gasteiger partial charge is 0.455 e. The molecule has 0 unspecified atom stereocenters. The van der Waals surface area contributed by atoms with Crippen molar-refractivity contribution in [1.82, 2.24) is 10.1 Å². The number of thiophene rings is 1. The average molecular weight is 461 g/mol. The number of amides is 1. The number of fused-ring (bicyclic) bond motifs is 1. The number of nitrogens with one attached hydrogen (secondary N) is 1. The Labute approximate surface area is 176 Å². The predicted molar refractivity (Wildman–Crippen MR) is 99.8 cm³/mol. The number of alkyl halides is 5. The normalized spacial score (nSPS) is 18.6. The van der Waals surface area contributed by atoms with Gasteiger partial charge in [-0.1, -0.05) is 5.16 Å². The maximum atomic E-state index is 13.9. The van der Waals surface area contributed by atoms with Crippen LogP contribution < -0.4 is 5.32 Å². The smallest absolute Gasteiger partial charge is 0.334 e. The number of aldehydes is 1. The third kappa shape index (κ3) is 4.25. The van der Waals surface area contributed by atoms with Crippen molar-refractivity contribution in [2.75, 3.05) is 5.32 Å². The summed E-state index contributed by atoms with van der Waals surface area (Å²) in [5.74, 6) is -5.56. The highest BCUT2D eigenvalue weighted by atomic mass is 32.1. The lowest BCUT2D eigenvalue weighted by atomic mass is 9.91. The SMILES string of the molecule is O=CC1=C(C(=O)Nc2sc3c(c2-c2nc(C(F)(F)F)no2)CCC(F)(F)C3)CCCC1. The van der Waals surface area contributed by atoms with Gasteiger partial charge in [-0.25, -0.2) is 8.78 Å². The van der Waals surface area contributed by atoms with E-state index in [2.05, 4.69) is 15.5 Å². The van der Waals surface area contributed by atoms with Gasteiger partial charge in [-0.2, -0.15) is 18.2 Å². The van der Waals surface area contributed by atoms with E-state index < -0.39 is 42.6 Å². The van der Waals surface area contributed by atoms with Crippen LogP contribution in [0.4, 0.5) is 27.0 Å². The lowest BCUT2D eigenvalue weighted by molar-refractivity contribution is -0.146. The van der Waals surface area contributed by atoms with E-state index in [1.807, 2.05) is 0 Å². The standard InChI is InChI=1S/C19H16F5N3O3S/c20-18(21)6-5-11-12(7-18)31-16(13(11)15-26-17(27-30-15)19(22,23)24)25-14(29)10-4-2-1-3-9(10)8-28/h8H,1-7H2,(H,25,29). The van der Waals surface area contributed by atoms with Crippen molar-refractivity contribution >= 4 is 28.5 Å². The average Bonchev–Trinajstić information content (AvgIpc) is 3.31. The van der Waals surface area contributed by atoms with Crippen LogP contribution in [0.25, 0.3) is 11.5 Å². The van der Waals surface area contributed by atoms with Crippen molar-refractivity contribution in [3.63, 3.8) is 0 Å². The Bertz CT molecular complexity index is 1070. The molecule has 166 valence electrons. The third-order valence-electron chi connectivity index (χ3n) is 5.30. The zero-order chi connectivity index (χ0) is 22.4. The minimum atomic E-state index is -4.85. The number of aromatic nitrogens is 2. The van der Waals surface area contributed by atoms with Gasteiger partial charge in [0.2, 0.25) is 0 Å². The number of rotatable bonds is 4. The third-order valence-corrected chi connectivity index (χ3v) is 6.45. The molecule has 0 spiro atoms. The van der Waals surface area contributed by atoms with E-state index in [0.29, 0.717) is 36.7 Å². The quantitative estimate of drug-likeness (QED) is 0.515. The molecule has 1 N–H and O–H groups in total. The molecule has 1 amide bonds. The number of allylic oxidation sites excluding steroid dienone is 1. The summed E-state index contributed by atoms with van der Waals surface area (Å²) in [6, 6.07) is 0. The van der Waals surface area contributed by atoms with Crippen LogP contribution in [-0.4, -0.2) is 28.3 Å². The first-order valence-electron chi connectivity index (χ1n) is 9.51. The Hall–Kier alpha value is -2.63. The summed E-state index contributed by atoms with van der Waals surface area (Å²) in [4.78, 5) is 27.7. The maximum absolute atomic E-state index is 13.9. The Morgan fingerprint density at radius 2 is 1.94 bits per heavy atom. The highest BCUT2D eigenvalue weighted by Gasteiger charge is 2.41. The van der Waals surface area contributed by atoms with E-state index in [4.69, 9.17) is 4.52 Å². The van der Waals surface area contributed by atoms with E-state index in [0.717, 1.165) is 17.8 Å². The number of hydrogen-bond acceptors (Lipinski definition) is 6. The van der Waals surface area contributed by atoms with Gasteiger partial charge in [-0.15, -0.1) is 11.3 Å². The Morgan fingerprint density at radius 3 is 2.61 bits per heavy atom. The molecule has 0 radical (unpaired) electrons. The lowest BCUT2D eigenvalue weighted by Crippen LogP contribution is -2.24. The van der Waals surface area contributed by atoms with Crippen LogP contribution in [0.3, 0.4) is 0 Å². The summed E-state index contributed by atoms with van der Waals surface area (Å²) in [6.07, 6.45) is -3.14. The second-order valence-electron chi connectivity index (χ2n) is 7.44. The fourth-order valence-corrected chi connectivity index (χ4v) is 5.12. The summed E-state index contributed by atoms with van der Waals surface area (Å²) in [7, 11) is 0. The van der Waals surface area contributed by atoms with E-state index in [9.17, 15) is 31.5 Å². The molecule has 6 nitrogen and oxygen atoms in total. The van der Waals surface area contributed by atoms with Crippen molar-refractivity contribution in [3.8, 4) is 11.5 Å². The summed E-state index contributed by atoms with van der Waals surface area (Å²) in [5, 5.41) is 5.57. The van der Waals surface area contributed by atoms with E-state index in [1.54, 1.807) is 0 Å². The van der Waals surface area contributed by atoms with E-state index in [-0.39, 0.29) is 27.4 Å². The molecule has 2 aromatic heterocycles. The van der Waals surface area contributed by atoms with Gasteiger partial charge >= 0.3 is 6.18 Å². The number of nitrogens with zero attached hydrogens (tertiary/aromatic N) is 2. The second-order valence-corrected chi connectivity index (χ2v) is 8.55. The molecule has 12 heteroatoms. The minimum Gasteiger partial charge on any atom is -0.334 e. The molecule has 0 bridgehead atoms. The van der Waals surface area contributed by atoms with Gasteiger partial charge in [0, 0.05) is 28.9 Å². The summed E-state index contributed by atoms with van der Waals surface area (Å²) in [5.41, 5.74) is 1.02. The van der Waals surface area contributed by atoms with Crippen molar-refractivity contribution in [3.05, 3.63) is 27.4 Å². The van der Waals surface area contributed by atoms with Crippen LogP contribution in [0.15, 0.2) is 15.7 Å². The van der Waals surface area contributed by atoms with E-state index >= 15 is 0 Å². The van der Waals surface area contributed by atoms with Crippen LogP contribution in [0.1, 0.15) is 48.4 Å². The minimum absolute atomic E-state index is 0.0240. The Morgan fingerprint density at radius 1 is 1.19 bits per heavy atom. The molecular weight excluding hydrogens is 445 g/mol. The molecule has 2 aliphatic rings. The monoisotopic (exact) mass is 461 g/mol. The Kier molecular flexibility index (Phi) is 5.44. The number of carbonyl (C=O) groups excluding carboxylic acids is 2. The molecule has 2 aliphatic carbocycles. The van der Waals surface area contributed by atoms with Gasteiger partial charge in [-0.3, -0.25) is 9.59 Å². The molecule has 0 aromatic carbocycles.